The summed E-state index contributed by atoms with van der Waals surface area (Å²) in [6.07, 6.45) is 1.11. The third-order valence-corrected chi connectivity index (χ3v) is 2.58. The van der Waals surface area contributed by atoms with E-state index in [4.69, 9.17) is 4.74 Å². The first-order valence-corrected chi connectivity index (χ1v) is 5.80. The number of nitrogens with one attached hydrogen (secondary N) is 1. The lowest BCUT2D eigenvalue weighted by molar-refractivity contribution is -0.385. The Morgan fingerprint density at radius 1 is 1.40 bits per heavy atom. The van der Waals surface area contributed by atoms with Crippen LogP contribution >= 0.6 is 0 Å². The van der Waals surface area contributed by atoms with Crippen LogP contribution in [0.3, 0.4) is 0 Å². The molecule has 0 aromatic carbocycles. The van der Waals surface area contributed by atoms with E-state index in [0.29, 0.717) is 0 Å². The number of carbonyl (C=O) groups excluding carboxylic acids is 1. The van der Waals surface area contributed by atoms with Gasteiger partial charge < -0.3 is 14.8 Å². The Labute approximate surface area is 115 Å². The number of anilines is 1. The van der Waals surface area contributed by atoms with Gasteiger partial charge in [0.2, 0.25) is 5.82 Å². The van der Waals surface area contributed by atoms with E-state index in [2.05, 4.69) is 20.0 Å². The fourth-order valence-corrected chi connectivity index (χ4v) is 1.55. The molecule has 1 aromatic heterocycles. The maximum Gasteiger partial charge on any atom is 0.372 e. The van der Waals surface area contributed by atoms with Crippen LogP contribution in [0.2, 0.25) is 0 Å². The Kier molecular flexibility index (Phi) is 5.18. The highest BCUT2D eigenvalue weighted by atomic mass is 16.6. The Hall–Kier alpha value is -2.45. The maximum absolute atomic E-state index is 11.7. The van der Waals surface area contributed by atoms with Crippen molar-refractivity contribution < 1.29 is 19.2 Å². The average Bonchev–Trinajstić information content (AvgIpc) is 2.42. The number of aromatic nitrogens is 2. The van der Waals surface area contributed by atoms with Gasteiger partial charge in [-0.1, -0.05) is 13.8 Å². The normalized spacial score (nSPS) is 11.8. The number of hydrogen-bond acceptors (Lipinski definition) is 8. The molecule has 0 aliphatic rings. The molecule has 0 spiro atoms. The van der Waals surface area contributed by atoms with Crippen molar-refractivity contribution in [3.05, 3.63) is 16.4 Å². The number of nitrogens with zero attached hydrogens (tertiary/aromatic N) is 3. The zero-order chi connectivity index (χ0) is 15.3. The molecule has 1 N–H and O–H groups in total. The SMILES string of the molecule is COC(=O)C(Nc1ncnc(OC)c1[N+](=O)[O-])C(C)C. The van der Waals surface area contributed by atoms with Gasteiger partial charge in [-0.05, 0) is 5.92 Å². The van der Waals surface area contributed by atoms with Crippen LogP contribution in [0.4, 0.5) is 11.5 Å². The topological polar surface area (TPSA) is 116 Å². The lowest BCUT2D eigenvalue weighted by atomic mass is 10.0. The standard InChI is InChI=1S/C11H16N4O5/c1-6(2)7(11(16)20-4)14-9-8(15(17)18)10(19-3)13-5-12-9/h5-7H,1-4H3,(H,12,13,14). The van der Waals surface area contributed by atoms with Crippen molar-refractivity contribution in [2.75, 3.05) is 19.5 Å². The summed E-state index contributed by atoms with van der Waals surface area (Å²) in [6.45, 7) is 3.55. The maximum atomic E-state index is 11.7. The molecule has 110 valence electrons. The van der Waals surface area contributed by atoms with Crippen LogP contribution in [0.1, 0.15) is 13.8 Å². The monoisotopic (exact) mass is 284 g/mol. The van der Waals surface area contributed by atoms with Gasteiger partial charge in [0.1, 0.15) is 12.4 Å². The second-order valence-corrected chi connectivity index (χ2v) is 4.23. The minimum atomic E-state index is -0.765. The molecule has 0 bridgehead atoms. The van der Waals surface area contributed by atoms with Gasteiger partial charge in [-0.2, -0.15) is 4.98 Å². The molecule has 9 nitrogen and oxygen atoms in total. The van der Waals surface area contributed by atoms with Crippen molar-refractivity contribution in [2.24, 2.45) is 5.92 Å². The summed E-state index contributed by atoms with van der Waals surface area (Å²) in [7, 11) is 2.51. The minimum absolute atomic E-state index is 0.0917. The second-order valence-electron chi connectivity index (χ2n) is 4.23. The van der Waals surface area contributed by atoms with Crippen LogP contribution in [0.25, 0.3) is 0 Å². The largest absolute Gasteiger partial charge is 0.476 e. The second kappa shape index (κ2) is 6.64. The highest BCUT2D eigenvalue weighted by Crippen LogP contribution is 2.31. The summed E-state index contributed by atoms with van der Waals surface area (Å²) < 4.78 is 9.48. The van der Waals surface area contributed by atoms with E-state index in [1.54, 1.807) is 13.8 Å². The number of ether oxygens (including phenoxy) is 2. The van der Waals surface area contributed by atoms with Crippen LogP contribution in [-0.4, -0.2) is 41.1 Å². The molecule has 9 heteroatoms. The molecule has 1 aromatic rings. The van der Waals surface area contributed by atoms with E-state index in [1.165, 1.54) is 14.2 Å². The molecule has 0 aliphatic carbocycles. The number of methoxy groups -OCH3 is 2. The van der Waals surface area contributed by atoms with E-state index >= 15 is 0 Å². The Morgan fingerprint density at radius 2 is 2.05 bits per heavy atom. The summed E-state index contributed by atoms with van der Waals surface area (Å²) in [5, 5.41) is 13.8. The van der Waals surface area contributed by atoms with Gasteiger partial charge in [0, 0.05) is 0 Å². The zero-order valence-electron chi connectivity index (χ0n) is 11.6. The van der Waals surface area contributed by atoms with E-state index < -0.39 is 22.6 Å². The van der Waals surface area contributed by atoms with Crippen LogP contribution in [0.15, 0.2) is 6.33 Å². The van der Waals surface area contributed by atoms with Crippen molar-refractivity contribution in [2.45, 2.75) is 19.9 Å². The smallest absolute Gasteiger partial charge is 0.372 e. The fourth-order valence-electron chi connectivity index (χ4n) is 1.55. The van der Waals surface area contributed by atoms with Crippen molar-refractivity contribution in [1.29, 1.82) is 0 Å². The molecule has 1 atom stereocenters. The molecule has 1 heterocycles. The number of rotatable bonds is 6. The molecular weight excluding hydrogens is 268 g/mol. The molecule has 20 heavy (non-hydrogen) atoms. The minimum Gasteiger partial charge on any atom is -0.476 e. The highest BCUT2D eigenvalue weighted by molar-refractivity contribution is 5.80. The molecule has 0 amide bonds. The van der Waals surface area contributed by atoms with E-state index in [-0.39, 0.29) is 17.6 Å². The number of carbonyl (C=O) groups is 1. The van der Waals surface area contributed by atoms with E-state index in [9.17, 15) is 14.9 Å². The molecule has 0 fully saturated rings. The molecule has 0 radical (unpaired) electrons. The van der Waals surface area contributed by atoms with Gasteiger partial charge in [0.25, 0.3) is 5.88 Å². The van der Waals surface area contributed by atoms with Gasteiger partial charge in [-0.15, -0.1) is 0 Å². The Bertz CT molecular complexity index is 506. The van der Waals surface area contributed by atoms with Gasteiger partial charge in [-0.3, -0.25) is 10.1 Å². The molecule has 0 saturated carbocycles. The van der Waals surface area contributed by atoms with E-state index in [1.807, 2.05) is 0 Å². The highest BCUT2D eigenvalue weighted by Gasteiger charge is 2.30. The van der Waals surface area contributed by atoms with E-state index in [0.717, 1.165) is 6.33 Å². The van der Waals surface area contributed by atoms with Gasteiger partial charge >= 0.3 is 11.7 Å². The molecule has 0 saturated heterocycles. The first-order valence-electron chi connectivity index (χ1n) is 5.80. The summed E-state index contributed by atoms with van der Waals surface area (Å²) in [6, 6.07) is -0.765. The Balaban J connectivity index is 3.19. The summed E-state index contributed by atoms with van der Waals surface area (Å²) in [5.41, 5.74) is -0.426. The molecule has 1 rings (SSSR count). The van der Waals surface area contributed by atoms with Crippen LogP contribution in [0.5, 0.6) is 5.88 Å². The van der Waals surface area contributed by atoms with Crippen molar-refractivity contribution in [1.82, 2.24) is 9.97 Å². The summed E-state index contributed by atoms with van der Waals surface area (Å²) >= 11 is 0. The number of hydrogen-bond donors (Lipinski definition) is 1. The van der Waals surface area contributed by atoms with Crippen LogP contribution < -0.4 is 10.1 Å². The molecule has 0 aliphatic heterocycles. The fraction of sp³-hybridized carbons (Fsp3) is 0.545. The summed E-state index contributed by atoms with van der Waals surface area (Å²) in [4.78, 5) is 29.5. The first kappa shape index (κ1) is 15.6. The van der Waals surface area contributed by atoms with Crippen LogP contribution in [-0.2, 0) is 9.53 Å². The van der Waals surface area contributed by atoms with Crippen molar-refractivity contribution in [3.63, 3.8) is 0 Å². The average molecular weight is 284 g/mol. The third kappa shape index (κ3) is 3.31. The lowest BCUT2D eigenvalue weighted by Gasteiger charge is -2.20. The first-order chi connectivity index (χ1) is 9.42. The van der Waals surface area contributed by atoms with Gasteiger partial charge in [0.15, 0.2) is 0 Å². The molecule has 1 unspecified atom stereocenters. The van der Waals surface area contributed by atoms with Gasteiger partial charge in [-0.25, -0.2) is 9.78 Å². The van der Waals surface area contributed by atoms with Crippen molar-refractivity contribution >= 4 is 17.5 Å². The number of nitro groups is 1. The van der Waals surface area contributed by atoms with Gasteiger partial charge in [0.05, 0.1) is 19.1 Å². The predicted octanol–water partition coefficient (Wildman–Crippen LogP) is 1.00. The zero-order valence-corrected chi connectivity index (χ0v) is 11.6. The third-order valence-electron chi connectivity index (χ3n) is 2.58. The lowest BCUT2D eigenvalue weighted by Crippen LogP contribution is -2.36. The predicted molar refractivity (Wildman–Crippen MR) is 69.5 cm³/mol. The summed E-state index contributed by atoms with van der Waals surface area (Å²) in [5.74, 6) is -0.958. The molecular formula is C11H16N4O5. The number of esters is 1. The quantitative estimate of drug-likeness (QED) is 0.467. The van der Waals surface area contributed by atoms with Crippen LogP contribution in [0, 0.1) is 16.0 Å². The van der Waals surface area contributed by atoms with Crippen molar-refractivity contribution in [3.8, 4) is 5.88 Å². The Morgan fingerprint density at radius 3 is 2.50 bits per heavy atom.